The van der Waals surface area contributed by atoms with Gasteiger partial charge in [-0.3, -0.25) is 0 Å². The predicted molar refractivity (Wildman–Crippen MR) is 50.8 cm³/mol. The number of hydrogen-bond donors (Lipinski definition) is 0. The Labute approximate surface area is 82.4 Å². The minimum Gasteiger partial charge on any atom is -0.374 e. The van der Waals surface area contributed by atoms with Crippen LogP contribution >= 0.6 is 11.6 Å². The van der Waals surface area contributed by atoms with Crippen LogP contribution in [0.1, 0.15) is 5.56 Å². The zero-order valence-corrected chi connectivity index (χ0v) is 7.96. The molecule has 1 saturated heterocycles. The molecule has 1 heterocycles. The molecule has 0 saturated carbocycles. The Hall–Kier alpha value is -0.570. The van der Waals surface area contributed by atoms with Gasteiger partial charge in [-0.25, -0.2) is 0 Å². The van der Waals surface area contributed by atoms with Gasteiger partial charge in [-0.05, 0) is 17.7 Å². The standard InChI is InChI=1S/C10H11ClO2/c11-9-3-1-8(2-4-9)5-12-6-10-7-13-10/h1-4,10H,5-7H2/t10-/m1/s1. The molecular weight excluding hydrogens is 188 g/mol. The van der Waals surface area contributed by atoms with Gasteiger partial charge in [0.1, 0.15) is 6.10 Å². The minimum atomic E-state index is 0.340. The van der Waals surface area contributed by atoms with Gasteiger partial charge in [-0.1, -0.05) is 23.7 Å². The van der Waals surface area contributed by atoms with Gasteiger partial charge in [0.2, 0.25) is 0 Å². The SMILES string of the molecule is Clc1ccc(COC[C@@H]2CO2)cc1. The first-order chi connectivity index (χ1) is 6.34. The Balaban J connectivity index is 1.76. The molecule has 0 aromatic heterocycles. The smallest absolute Gasteiger partial charge is 0.104 e. The molecule has 1 aromatic carbocycles. The van der Waals surface area contributed by atoms with E-state index in [0.29, 0.717) is 19.3 Å². The maximum atomic E-state index is 5.75. The molecule has 2 rings (SSSR count). The normalized spacial score (nSPS) is 20.2. The summed E-state index contributed by atoms with van der Waals surface area (Å²) in [6.07, 6.45) is 0.340. The van der Waals surface area contributed by atoms with E-state index in [2.05, 4.69) is 0 Å². The van der Waals surface area contributed by atoms with Gasteiger partial charge in [-0.2, -0.15) is 0 Å². The Morgan fingerprint density at radius 2 is 2.08 bits per heavy atom. The molecule has 1 aliphatic heterocycles. The summed E-state index contributed by atoms with van der Waals surface area (Å²) in [6.45, 7) is 2.18. The lowest BCUT2D eigenvalue weighted by molar-refractivity contribution is 0.104. The second kappa shape index (κ2) is 4.09. The van der Waals surface area contributed by atoms with Crippen molar-refractivity contribution in [3.63, 3.8) is 0 Å². The lowest BCUT2D eigenvalue weighted by atomic mass is 10.2. The summed E-state index contributed by atoms with van der Waals surface area (Å²) in [6, 6.07) is 7.67. The average molecular weight is 199 g/mol. The van der Waals surface area contributed by atoms with Crippen LogP contribution in [0.5, 0.6) is 0 Å². The summed E-state index contributed by atoms with van der Waals surface area (Å²) in [4.78, 5) is 0. The molecule has 0 aliphatic carbocycles. The Morgan fingerprint density at radius 1 is 1.38 bits per heavy atom. The predicted octanol–water partition coefficient (Wildman–Crippen LogP) is 2.26. The zero-order chi connectivity index (χ0) is 9.10. The Kier molecular flexibility index (Phi) is 2.83. The second-order valence-corrected chi connectivity index (χ2v) is 3.53. The number of hydrogen-bond acceptors (Lipinski definition) is 2. The molecule has 13 heavy (non-hydrogen) atoms. The van der Waals surface area contributed by atoms with Crippen molar-refractivity contribution < 1.29 is 9.47 Å². The van der Waals surface area contributed by atoms with E-state index < -0.39 is 0 Å². The van der Waals surface area contributed by atoms with Crippen LogP contribution in [0.15, 0.2) is 24.3 Å². The highest BCUT2D eigenvalue weighted by Crippen LogP contribution is 2.12. The maximum absolute atomic E-state index is 5.75. The molecular formula is C10H11ClO2. The van der Waals surface area contributed by atoms with E-state index in [9.17, 15) is 0 Å². The third-order valence-corrected chi connectivity index (χ3v) is 2.14. The fourth-order valence-electron chi connectivity index (χ4n) is 1.05. The second-order valence-electron chi connectivity index (χ2n) is 3.10. The number of epoxide rings is 1. The van der Waals surface area contributed by atoms with Crippen LogP contribution < -0.4 is 0 Å². The third kappa shape index (κ3) is 2.99. The van der Waals surface area contributed by atoms with Crippen molar-refractivity contribution in [2.45, 2.75) is 12.7 Å². The number of halogens is 1. The Bertz CT molecular complexity index is 267. The maximum Gasteiger partial charge on any atom is 0.104 e. The summed E-state index contributed by atoms with van der Waals surface area (Å²) in [5, 5.41) is 0.759. The van der Waals surface area contributed by atoms with Gasteiger partial charge in [-0.15, -0.1) is 0 Å². The first kappa shape index (κ1) is 9.00. The van der Waals surface area contributed by atoms with Gasteiger partial charge >= 0.3 is 0 Å². The monoisotopic (exact) mass is 198 g/mol. The van der Waals surface area contributed by atoms with Crippen LogP contribution in [-0.2, 0) is 16.1 Å². The number of rotatable bonds is 4. The summed E-state index contributed by atoms with van der Waals surface area (Å²) in [5.74, 6) is 0. The average Bonchev–Trinajstić information content (AvgIpc) is 2.92. The summed E-state index contributed by atoms with van der Waals surface area (Å²) in [7, 11) is 0. The molecule has 1 fully saturated rings. The molecule has 1 atom stereocenters. The first-order valence-electron chi connectivity index (χ1n) is 4.28. The molecule has 70 valence electrons. The molecule has 3 heteroatoms. The van der Waals surface area contributed by atoms with E-state index in [1.54, 1.807) is 0 Å². The van der Waals surface area contributed by atoms with Gasteiger partial charge in [0.25, 0.3) is 0 Å². The topological polar surface area (TPSA) is 21.8 Å². The van der Waals surface area contributed by atoms with Crippen molar-refractivity contribution in [2.24, 2.45) is 0 Å². The van der Waals surface area contributed by atoms with Crippen molar-refractivity contribution in [1.82, 2.24) is 0 Å². The van der Waals surface area contributed by atoms with Crippen molar-refractivity contribution in [3.05, 3.63) is 34.9 Å². The molecule has 0 spiro atoms. The van der Waals surface area contributed by atoms with Gasteiger partial charge in [0, 0.05) is 5.02 Å². The van der Waals surface area contributed by atoms with Crippen LogP contribution in [0, 0.1) is 0 Å². The Morgan fingerprint density at radius 3 is 2.69 bits per heavy atom. The van der Waals surface area contributed by atoms with Gasteiger partial charge in [0.05, 0.1) is 19.8 Å². The molecule has 0 radical (unpaired) electrons. The molecule has 0 amide bonds. The number of ether oxygens (including phenoxy) is 2. The highest BCUT2D eigenvalue weighted by atomic mass is 35.5. The summed E-state index contributed by atoms with van der Waals surface area (Å²) >= 11 is 5.75. The molecule has 0 unspecified atom stereocenters. The number of benzene rings is 1. The quantitative estimate of drug-likeness (QED) is 0.693. The van der Waals surface area contributed by atoms with Gasteiger partial charge in [0.15, 0.2) is 0 Å². The third-order valence-electron chi connectivity index (χ3n) is 1.89. The lowest BCUT2D eigenvalue weighted by Crippen LogP contribution is -2.00. The van der Waals surface area contributed by atoms with Crippen LogP contribution in [0.25, 0.3) is 0 Å². The summed E-state index contributed by atoms with van der Waals surface area (Å²) < 4.78 is 10.4. The molecule has 0 bridgehead atoms. The van der Waals surface area contributed by atoms with Crippen molar-refractivity contribution in [2.75, 3.05) is 13.2 Å². The van der Waals surface area contributed by atoms with E-state index in [0.717, 1.165) is 17.2 Å². The molecule has 1 aliphatic rings. The highest BCUT2D eigenvalue weighted by molar-refractivity contribution is 6.30. The van der Waals surface area contributed by atoms with Gasteiger partial charge < -0.3 is 9.47 Å². The van der Waals surface area contributed by atoms with E-state index in [1.165, 1.54) is 0 Å². The highest BCUT2D eigenvalue weighted by Gasteiger charge is 2.21. The van der Waals surface area contributed by atoms with Crippen LogP contribution in [0.3, 0.4) is 0 Å². The van der Waals surface area contributed by atoms with Crippen LogP contribution in [0.2, 0.25) is 5.02 Å². The zero-order valence-electron chi connectivity index (χ0n) is 7.20. The first-order valence-corrected chi connectivity index (χ1v) is 4.66. The van der Waals surface area contributed by atoms with Crippen molar-refractivity contribution in [1.29, 1.82) is 0 Å². The molecule has 0 N–H and O–H groups in total. The van der Waals surface area contributed by atoms with E-state index in [4.69, 9.17) is 21.1 Å². The fraction of sp³-hybridized carbons (Fsp3) is 0.400. The van der Waals surface area contributed by atoms with E-state index in [-0.39, 0.29) is 0 Å². The van der Waals surface area contributed by atoms with E-state index >= 15 is 0 Å². The molecule has 1 aromatic rings. The van der Waals surface area contributed by atoms with E-state index in [1.807, 2.05) is 24.3 Å². The summed E-state index contributed by atoms with van der Waals surface area (Å²) in [5.41, 5.74) is 1.14. The molecule has 2 nitrogen and oxygen atoms in total. The largest absolute Gasteiger partial charge is 0.374 e. The van der Waals surface area contributed by atoms with Crippen LogP contribution in [-0.4, -0.2) is 19.3 Å². The lowest BCUT2D eigenvalue weighted by Gasteiger charge is -2.01. The fourth-order valence-corrected chi connectivity index (χ4v) is 1.18. The van der Waals surface area contributed by atoms with Crippen LogP contribution in [0.4, 0.5) is 0 Å². The van der Waals surface area contributed by atoms with Crippen molar-refractivity contribution in [3.8, 4) is 0 Å². The van der Waals surface area contributed by atoms with Crippen molar-refractivity contribution >= 4 is 11.6 Å². The minimum absolute atomic E-state index is 0.340.